The summed E-state index contributed by atoms with van der Waals surface area (Å²) >= 11 is 0. The van der Waals surface area contributed by atoms with Crippen molar-refractivity contribution in [2.45, 2.75) is 0 Å². The second kappa shape index (κ2) is 4.72. The van der Waals surface area contributed by atoms with Gasteiger partial charge in [-0.3, -0.25) is 0 Å². The van der Waals surface area contributed by atoms with Gasteiger partial charge in [0, 0.05) is 0 Å². The third-order valence-corrected chi connectivity index (χ3v) is 0.994. The number of nitrogens with zero attached hydrogens (tertiary/aromatic N) is 1. The van der Waals surface area contributed by atoms with Crippen LogP contribution in [-0.4, -0.2) is 22.4 Å². The summed E-state index contributed by atoms with van der Waals surface area (Å²) < 4.78 is 0. The summed E-state index contributed by atoms with van der Waals surface area (Å²) in [6.07, 6.45) is 0. The normalized spacial score (nSPS) is 8.00. The van der Waals surface area contributed by atoms with E-state index in [4.69, 9.17) is 0 Å². The van der Waals surface area contributed by atoms with Crippen molar-refractivity contribution in [3.05, 3.63) is 40.4 Å². The van der Waals surface area contributed by atoms with Gasteiger partial charge in [0.15, 0.2) is 22.4 Å². The number of hydrazine groups is 1. The Morgan fingerprint density at radius 2 is 1.82 bits per heavy atom. The van der Waals surface area contributed by atoms with Gasteiger partial charge < -0.3 is 0 Å². The second-order valence-corrected chi connectivity index (χ2v) is 1.73. The summed E-state index contributed by atoms with van der Waals surface area (Å²) in [5, 5.41) is 9.28. The van der Waals surface area contributed by atoms with Crippen LogP contribution in [0.4, 0.5) is 5.69 Å². The summed E-state index contributed by atoms with van der Waals surface area (Å²) in [6, 6.07) is 8.51. The maximum atomic E-state index is 9.86. The van der Waals surface area contributed by atoms with E-state index in [-0.39, 0.29) is 17.4 Å². The van der Waals surface area contributed by atoms with Crippen LogP contribution < -0.4 is 5.43 Å². The molecule has 4 nitrogen and oxygen atoms in total. The van der Waals surface area contributed by atoms with E-state index >= 15 is 0 Å². The van der Waals surface area contributed by atoms with Crippen molar-refractivity contribution in [1.82, 2.24) is 0 Å². The number of nitrogens with one attached hydrogen (secondary N) is 1. The van der Waals surface area contributed by atoms with Crippen LogP contribution in [0.5, 0.6) is 0 Å². The van der Waals surface area contributed by atoms with E-state index in [0.717, 1.165) is 0 Å². The minimum atomic E-state index is -0.588. The number of nitro groups is 1. The highest BCUT2D eigenvalue weighted by Crippen LogP contribution is 2.03. The zero-order valence-corrected chi connectivity index (χ0v) is 5.15. The number of para-hydroxylation sites is 1. The molecule has 0 amide bonds. The average Bonchev–Trinajstić information content (AvgIpc) is 1.88. The Morgan fingerprint density at radius 3 is 2.27 bits per heavy atom. The first-order valence-corrected chi connectivity index (χ1v) is 2.75. The van der Waals surface area contributed by atoms with E-state index < -0.39 is 5.03 Å². The van der Waals surface area contributed by atoms with Crippen LogP contribution in [0.15, 0.2) is 30.3 Å². The maximum Gasteiger partial charge on any atom is 0.187 e. The molecule has 0 aromatic heterocycles. The molecule has 0 radical (unpaired) electrons. The standard InChI is InChI=1S/C6H6N2O2.Al.3H/c9-8(10)7-6-4-2-1-3-5-6;;;;/h1-5,7H;;;;. The first-order chi connectivity index (χ1) is 4.79. The minimum Gasteiger partial charge on any atom is -0.235 e. The van der Waals surface area contributed by atoms with Crippen LogP contribution in [0.1, 0.15) is 0 Å². The van der Waals surface area contributed by atoms with Crippen molar-refractivity contribution in [1.29, 1.82) is 0 Å². The minimum absolute atomic E-state index is 0. The fourth-order valence-electron chi connectivity index (χ4n) is 0.618. The van der Waals surface area contributed by atoms with E-state index in [1.54, 1.807) is 30.3 Å². The van der Waals surface area contributed by atoms with E-state index in [1.807, 2.05) is 5.43 Å². The first-order valence-electron chi connectivity index (χ1n) is 2.75. The lowest BCUT2D eigenvalue weighted by molar-refractivity contribution is -0.445. The summed E-state index contributed by atoms with van der Waals surface area (Å²) in [6.45, 7) is 0. The molecule has 0 aliphatic heterocycles. The summed E-state index contributed by atoms with van der Waals surface area (Å²) in [4.78, 5) is 9.86. The van der Waals surface area contributed by atoms with Crippen LogP contribution in [0.3, 0.4) is 0 Å². The molecule has 0 saturated carbocycles. The Morgan fingerprint density at radius 1 is 1.27 bits per heavy atom. The lowest BCUT2D eigenvalue weighted by Crippen LogP contribution is -2.06. The molecule has 0 atom stereocenters. The van der Waals surface area contributed by atoms with Gasteiger partial charge in [-0.25, -0.2) is 10.1 Å². The van der Waals surface area contributed by atoms with Gasteiger partial charge in [0.1, 0.15) is 5.69 Å². The van der Waals surface area contributed by atoms with Crippen molar-refractivity contribution in [2.24, 2.45) is 0 Å². The van der Waals surface area contributed by atoms with Crippen molar-refractivity contribution < 1.29 is 5.03 Å². The number of rotatable bonds is 2. The third kappa shape index (κ3) is 3.61. The van der Waals surface area contributed by atoms with Gasteiger partial charge in [-0.2, -0.15) is 0 Å². The number of hydrogen-bond acceptors (Lipinski definition) is 2. The van der Waals surface area contributed by atoms with Crippen LogP contribution in [0.25, 0.3) is 0 Å². The van der Waals surface area contributed by atoms with Crippen LogP contribution in [-0.2, 0) is 0 Å². The predicted molar refractivity (Wildman–Crippen MR) is 47.0 cm³/mol. The molecular formula is C6H9AlN2O2. The number of anilines is 1. The fourth-order valence-corrected chi connectivity index (χ4v) is 0.618. The molecule has 1 rings (SSSR count). The van der Waals surface area contributed by atoms with Crippen LogP contribution in [0, 0.1) is 10.1 Å². The highest BCUT2D eigenvalue weighted by molar-refractivity contribution is 5.75. The Kier molecular flexibility index (Phi) is 4.27. The molecule has 1 aromatic carbocycles. The fraction of sp³-hybridized carbons (Fsp3) is 0. The highest BCUT2D eigenvalue weighted by atomic mass is 27.0. The van der Waals surface area contributed by atoms with Gasteiger partial charge in [-0.05, 0) is 12.1 Å². The Hall–Kier alpha value is -1.05. The summed E-state index contributed by atoms with van der Waals surface area (Å²) in [5.74, 6) is 0. The molecule has 1 N–H and O–H groups in total. The zero-order chi connectivity index (χ0) is 7.40. The number of hydrogen-bond donors (Lipinski definition) is 1. The van der Waals surface area contributed by atoms with Gasteiger partial charge in [0.05, 0.1) is 0 Å². The molecule has 0 saturated heterocycles. The molecule has 0 bridgehead atoms. The van der Waals surface area contributed by atoms with Crippen molar-refractivity contribution in [3.63, 3.8) is 0 Å². The Balaban J connectivity index is 0.000001000. The maximum absolute atomic E-state index is 9.86. The van der Waals surface area contributed by atoms with Crippen molar-refractivity contribution in [3.8, 4) is 0 Å². The molecule has 0 fully saturated rings. The molecule has 0 aliphatic carbocycles. The molecule has 0 spiro atoms. The molecule has 1 aromatic rings. The highest BCUT2D eigenvalue weighted by Gasteiger charge is 1.93. The number of benzene rings is 1. The monoisotopic (exact) mass is 168 g/mol. The van der Waals surface area contributed by atoms with Crippen LogP contribution in [0.2, 0.25) is 0 Å². The molecule has 11 heavy (non-hydrogen) atoms. The molecule has 0 heterocycles. The lowest BCUT2D eigenvalue weighted by Gasteiger charge is -1.93. The molecule has 5 heteroatoms. The Labute approximate surface area is 74.5 Å². The van der Waals surface area contributed by atoms with Gasteiger partial charge >= 0.3 is 0 Å². The molecule has 58 valence electrons. The molecule has 0 aliphatic rings. The van der Waals surface area contributed by atoms with Gasteiger partial charge in [-0.1, -0.05) is 18.2 Å². The molecular weight excluding hydrogens is 159 g/mol. The second-order valence-electron chi connectivity index (χ2n) is 1.73. The van der Waals surface area contributed by atoms with E-state index in [2.05, 4.69) is 0 Å². The lowest BCUT2D eigenvalue weighted by atomic mass is 10.3. The van der Waals surface area contributed by atoms with Gasteiger partial charge in [0.25, 0.3) is 0 Å². The summed E-state index contributed by atoms with van der Waals surface area (Å²) in [7, 11) is 0. The first kappa shape index (κ1) is 9.95. The smallest absolute Gasteiger partial charge is 0.187 e. The zero-order valence-electron chi connectivity index (χ0n) is 5.15. The van der Waals surface area contributed by atoms with E-state index in [9.17, 15) is 10.1 Å². The van der Waals surface area contributed by atoms with Crippen molar-refractivity contribution >= 4 is 23.0 Å². The largest absolute Gasteiger partial charge is 0.235 e. The van der Waals surface area contributed by atoms with E-state index in [1.165, 1.54) is 0 Å². The SMILES string of the molecule is O=[N+]([O-])Nc1ccccc1.[AlH3]. The predicted octanol–water partition coefficient (Wildman–Crippen LogP) is 0.106. The van der Waals surface area contributed by atoms with Gasteiger partial charge in [0.2, 0.25) is 0 Å². The Bertz CT molecular complexity index is 227. The van der Waals surface area contributed by atoms with Gasteiger partial charge in [-0.15, -0.1) is 5.43 Å². The summed E-state index contributed by atoms with van der Waals surface area (Å²) in [5.41, 5.74) is 2.52. The average molecular weight is 168 g/mol. The quantitative estimate of drug-likeness (QED) is 0.387. The molecule has 0 unspecified atom stereocenters. The van der Waals surface area contributed by atoms with E-state index in [0.29, 0.717) is 5.69 Å². The van der Waals surface area contributed by atoms with Crippen molar-refractivity contribution in [2.75, 3.05) is 5.43 Å². The third-order valence-electron chi connectivity index (χ3n) is 0.994. The topological polar surface area (TPSA) is 55.2 Å². The van der Waals surface area contributed by atoms with Crippen LogP contribution >= 0.6 is 0 Å².